The van der Waals surface area contributed by atoms with Crippen LogP contribution in [-0.4, -0.2) is 39.0 Å². The van der Waals surface area contributed by atoms with Crippen molar-refractivity contribution < 1.29 is 14.1 Å². The second-order valence-corrected chi connectivity index (χ2v) is 7.79. The molecule has 3 heterocycles. The Balaban J connectivity index is 1.52. The number of halogens is 1. The summed E-state index contributed by atoms with van der Waals surface area (Å²) in [7, 11) is 0. The maximum Gasteiger partial charge on any atom is 0.288 e. The largest absolute Gasteiger partial charge is 0.420 e. The number of rotatable bonds is 4. The van der Waals surface area contributed by atoms with Crippen molar-refractivity contribution in [2.75, 3.05) is 13.1 Å². The molecule has 144 valence electrons. The van der Waals surface area contributed by atoms with Crippen molar-refractivity contribution in [3.05, 3.63) is 62.3 Å². The first-order chi connectivity index (χ1) is 13.5. The highest BCUT2D eigenvalue weighted by atomic mass is 35.5. The Bertz CT molecular complexity index is 1020. The molecular weight excluding hydrogens is 404 g/mol. The maximum atomic E-state index is 12.8. The van der Waals surface area contributed by atoms with Gasteiger partial charge in [0.05, 0.1) is 15.7 Å². The molecule has 1 atom stereocenters. The molecule has 3 aromatic rings. The lowest BCUT2D eigenvalue weighted by atomic mass is 9.97. The average molecular weight is 419 g/mol. The third-order valence-electron chi connectivity index (χ3n) is 4.62. The normalized spacial score (nSPS) is 16.9. The standard InChI is InChI=1S/C18H15ClN4O4S/c19-13-6-5-11(9-14(13)23(25)26)18(24)22-7-1-3-12(10-22)16-20-21-17(27-16)15-4-2-8-28-15/h2,4-6,8-9,12H,1,3,7,10H2. The third kappa shape index (κ3) is 3.63. The van der Waals surface area contributed by atoms with E-state index >= 15 is 0 Å². The second kappa shape index (κ2) is 7.69. The Morgan fingerprint density at radius 2 is 2.21 bits per heavy atom. The number of nitro benzene ring substituents is 1. The number of nitro groups is 1. The predicted octanol–water partition coefficient (Wildman–Crippen LogP) is 4.38. The molecule has 1 aliphatic rings. The zero-order chi connectivity index (χ0) is 19.7. The lowest BCUT2D eigenvalue weighted by Crippen LogP contribution is -2.39. The van der Waals surface area contributed by atoms with Crippen LogP contribution in [-0.2, 0) is 0 Å². The van der Waals surface area contributed by atoms with Crippen LogP contribution in [0, 0.1) is 10.1 Å². The summed E-state index contributed by atoms with van der Waals surface area (Å²) >= 11 is 7.35. The minimum atomic E-state index is -0.595. The van der Waals surface area contributed by atoms with Crippen LogP contribution in [0.2, 0.25) is 5.02 Å². The fourth-order valence-corrected chi connectivity index (χ4v) is 4.06. The summed E-state index contributed by atoms with van der Waals surface area (Å²) in [5, 5.41) is 21.3. The van der Waals surface area contributed by atoms with Crippen LogP contribution in [0.25, 0.3) is 10.8 Å². The fraction of sp³-hybridized carbons (Fsp3) is 0.278. The first kappa shape index (κ1) is 18.6. The van der Waals surface area contributed by atoms with Gasteiger partial charge in [-0.15, -0.1) is 21.5 Å². The summed E-state index contributed by atoms with van der Waals surface area (Å²) < 4.78 is 5.81. The van der Waals surface area contributed by atoms with Crippen LogP contribution < -0.4 is 0 Å². The maximum absolute atomic E-state index is 12.8. The monoisotopic (exact) mass is 418 g/mol. The number of aromatic nitrogens is 2. The molecule has 0 aliphatic carbocycles. The SMILES string of the molecule is O=C(c1ccc(Cl)c([N+](=O)[O-])c1)N1CCCC(c2nnc(-c3cccs3)o2)C1. The number of amides is 1. The van der Waals surface area contributed by atoms with Gasteiger partial charge in [0.25, 0.3) is 17.5 Å². The number of benzene rings is 1. The van der Waals surface area contributed by atoms with Crippen molar-refractivity contribution in [2.45, 2.75) is 18.8 Å². The van der Waals surface area contributed by atoms with Crippen LogP contribution in [0.1, 0.15) is 35.0 Å². The summed E-state index contributed by atoms with van der Waals surface area (Å²) in [4.78, 5) is 25.9. The summed E-state index contributed by atoms with van der Waals surface area (Å²) in [6.45, 7) is 0.985. The number of nitrogens with zero attached hydrogens (tertiary/aromatic N) is 4. The van der Waals surface area contributed by atoms with Crippen LogP contribution in [0.3, 0.4) is 0 Å². The number of carbonyl (C=O) groups is 1. The smallest absolute Gasteiger partial charge is 0.288 e. The second-order valence-electron chi connectivity index (χ2n) is 6.44. The molecule has 28 heavy (non-hydrogen) atoms. The molecule has 1 saturated heterocycles. The first-order valence-electron chi connectivity index (χ1n) is 8.63. The Kier molecular flexibility index (Phi) is 5.10. The number of piperidine rings is 1. The van der Waals surface area contributed by atoms with Crippen molar-refractivity contribution in [3.63, 3.8) is 0 Å². The average Bonchev–Trinajstić information content (AvgIpc) is 3.39. The number of carbonyl (C=O) groups excluding carboxylic acids is 1. The lowest BCUT2D eigenvalue weighted by molar-refractivity contribution is -0.384. The molecule has 10 heteroatoms. The van der Waals surface area contributed by atoms with E-state index in [2.05, 4.69) is 10.2 Å². The molecule has 4 rings (SSSR count). The Morgan fingerprint density at radius 1 is 1.36 bits per heavy atom. The summed E-state index contributed by atoms with van der Waals surface area (Å²) in [5.74, 6) is 0.633. The quantitative estimate of drug-likeness (QED) is 0.460. The highest BCUT2D eigenvalue weighted by molar-refractivity contribution is 7.13. The molecule has 0 N–H and O–H groups in total. The van der Waals surface area contributed by atoms with Crippen molar-refractivity contribution in [1.82, 2.24) is 15.1 Å². The highest BCUT2D eigenvalue weighted by Crippen LogP contribution is 2.31. The van der Waals surface area contributed by atoms with Crippen LogP contribution in [0.5, 0.6) is 0 Å². The van der Waals surface area contributed by atoms with Gasteiger partial charge < -0.3 is 9.32 Å². The molecule has 0 radical (unpaired) electrons. The van der Waals surface area contributed by atoms with Gasteiger partial charge in [0.2, 0.25) is 5.89 Å². The van der Waals surface area contributed by atoms with E-state index in [9.17, 15) is 14.9 Å². The molecule has 0 bridgehead atoms. The van der Waals surface area contributed by atoms with E-state index in [0.29, 0.717) is 24.9 Å². The van der Waals surface area contributed by atoms with Gasteiger partial charge in [0.15, 0.2) is 0 Å². The van der Waals surface area contributed by atoms with Gasteiger partial charge in [-0.25, -0.2) is 0 Å². The molecule has 1 amide bonds. The molecule has 1 aromatic carbocycles. The predicted molar refractivity (Wildman–Crippen MR) is 104 cm³/mol. The molecule has 0 saturated carbocycles. The Morgan fingerprint density at radius 3 is 2.96 bits per heavy atom. The van der Waals surface area contributed by atoms with Gasteiger partial charge in [-0.3, -0.25) is 14.9 Å². The molecule has 2 aromatic heterocycles. The van der Waals surface area contributed by atoms with Gasteiger partial charge in [-0.1, -0.05) is 17.7 Å². The van der Waals surface area contributed by atoms with Crippen LogP contribution in [0.4, 0.5) is 5.69 Å². The Labute approximate surface area is 168 Å². The zero-order valence-electron chi connectivity index (χ0n) is 14.6. The van der Waals surface area contributed by atoms with E-state index < -0.39 is 4.92 Å². The lowest BCUT2D eigenvalue weighted by Gasteiger charge is -2.31. The van der Waals surface area contributed by atoms with Crippen molar-refractivity contribution in [1.29, 1.82) is 0 Å². The minimum absolute atomic E-state index is 0.00466. The highest BCUT2D eigenvalue weighted by Gasteiger charge is 2.30. The van der Waals surface area contributed by atoms with Gasteiger partial charge in [0, 0.05) is 24.7 Å². The van der Waals surface area contributed by atoms with E-state index in [1.165, 1.54) is 29.5 Å². The molecular formula is C18H15ClN4O4S. The molecule has 1 fully saturated rings. The van der Waals surface area contributed by atoms with Gasteiger partial charge in [-0.05, 0) is 36.4 Å². The Hall–Kier alpha value is -2.78. The number of hydrogen-bond acceptors (Lipinski definition) is 7. The van der Waals surface area contributed by atoms with E-state index in [1.54, 1.807) is 4.90 Å². The van der Waals surface area contributed by atoms with E-state index in [1.807, 2.05) is 17.5 Å². The summed E-state index contributed by atoms with van der Waals surface area (Å²) in [6.07, 6.45) is 1.61. The summed E-state index contributed by atoms with van der Waals surface area (Å²) in [6, 6.07) is 7.92. The van der Waals surface area contributed by atoms with Gasteiger partial charge in [0.1, 0.15) is 5.02 Å². The molecule has 8 nitrogen and oxygen atoms in total. The molecule has 1 unspecified atom stereocenters. The molecule has 1 aliphatic heterocycles. The van der Waals surface area contributed by atoms with Gasteiger partial charge in [-0.2, -0.15) is 0 Å². The van der Waals surface area contributed by atoms with Crippen molar-refractivity contribution in [3.8, 4) is 10.8 Å². The first-order valence-corrected chi connectivity index (χ1v) is 9.89. The van der Waals surface area contributed by atoms with E-state index in [-0.39, 0.29) is 28.1 Å². The van der Waals surface area contributed by atoms with Crippen LogP contribution in [0.15, 0.2) is 40.1 Å². The van der Waals surface area contributed by atoms with Crippen molar-refractivity contribution in [2.24, 2.45) is 0 Å². The minimum Gasteiger partial charge on any atom is -0.420 e. The molecule has 0 spiro atoms. The van der Waals surface area contributed by atoms with Gasteiger partial charge >= 0.3 is 0 Å². The number of thiophene rings is 1. The summed E-state index contributed by atoms with van der Waals surface area (Å²) in [5.41, 5.74) is -0.0416. The fourth-order valence-electron chi connectivity index (χ4n) is 3.23. The zero-order valence-corrected chi connectivity index (χ0v) is 16.2. The van der Waals surface area contributed by atoms with E-state index in [4.69, 9.17) is 16.0 Å². The van der Waals surface area contributed by atoms with Crippen LogP contribution >= 0.6 is 22.9 Å². The number of hydrogen-bond donors (Lipinski definition) is 0. The van der Waals surface area contributed by atoms with Crippen molar-refractivity contribution >= 4 is 34.5 Å². The topological polar surface area (TPSA) is 102 Å². The van der Waals surface area contributed by atoms with E-state index in [0.717, 1.165) is 17.7 Å². The third-order valence-corrected chi connectivity index (χ3v) is 5.80. The number of likely N-dealkylation sites (tertiary alicyclic amines) is 1.